The zero-order chi connectivity index (χ0) is 22.3. The number of nitrogens with one attached hydrogen (secondary N) is 2. The lowest BCUT2D eigenvalue weighted by Crippen LogP contribution is -2.32. The van der Waals surface area contributed by atoms with Crippen LogP contribution in [0.1, 0.15) is 12.5 Å². The van der Waals surface area contributed by atoms with E-state index in [-0.39, 0.29) is 12.6 Å². The fourth-order valence-electron chi connectivity index (χ4n) is 3.11. The van der Waals surface area contributed by atoms with Crippen LogP contribution in [0.5, 0.6) is 11.6 Å². The number of carbonyl (C=O) groups excluding carboxylic acids is 1. The number of hydrogen-bond acceptors (Lipinski definition) is 6. The van der Waals surface area contributed by atoms with Crippen molar-refractivity contribution in [3.8, 4) is 23.0 Å². The van der Waals surface area contributed by atoms with E-state index in [1.807, 2.05) is 48.5 Å². The van der Waals surface area contributed by atoms with Gasteiger partial charge in [-0.05, 0) is 42.3 Å². The van der Waals surface area contributed by atoms with E-state index < -0.39 is 0 Å². The fraction of sp³-hybridized carbons (Fsp3) is 0.217. The number of benzene rings is 2. The predicted molar refractivity (Wildman–Crippen MR) is 121 cm³/mol. The minimum Gasteiger partial charge on any atom is -0.497 e. The third-order valence-electron chi connectivity index (χ3n) is 4.82. The number of amides is 2. The Morgan fingerprint density at radius 2 is 1.91 bits per heavy atom. The molecule has 2 heterocycles. The maximum absolute atomic E-state index is 12.0. The molecule has 164 valence electrons. The standard InChI is InChI=1S/C23H24N6O3/c1-3-16-7-9-18(10-8-16)25-23(30)24-13-14-32-21-12-11-20-26-27-22(29(20)28-21)17-5-4-6-19(15-17)31-2/h4-12,15H,3,13-14H2,1-2H3,(H2,24,25,30). The highest BCUT2D eigenvalue weighted by Crippen LogP contribution is 2.23. The molecule has 0 aliphatic heterocycles. The van der Waals surface area contributed by atoms with E-state index in [1.165, 1.54) is 5.56 Å². The number of methoxy groups -OCH3 is 1. The van der Waals surface area contributed by atoms with Gasteiger partial charge in [0, 0.05) is 17.3 Å². The number of ether oxygens (including phenoxy) is 2. The van der Waals surface area contributed by atoms with Gasteiger partial charge in [-0.3, -0.25) is 0 Å². The molecule has 0 atom stereocenters. The van der Waals surface area contributed by atoms with Crippen molar-refractivity contribution in [2.45, 2.75) is 13.3 Å². The molecular weight excluding hydrogens is 408 g/mol. The van der Waals surface area contributed by atoms with Crippen LogP contribution in [0.15, 0.2) is 60.7 Å². The van der Waals surface area contributed by atoms with Gasteiger partial charge in [-0.2, -0.15) is 4.52 Å². The number of fused-ring (bicyclic) bond motifs is 1. The summed E-state index contributed by atoms with van der Waals surface area (Å²) >= 11 is 0. The number of urea groups is 1. The van der Waals surface area contributed by atoms with E-state index in [4.69, 9.17) is 9.47 Å². The van der Waals surface area contributed by atoms with E-state index in [1.54, 1.807) is 23.8 Å². The summed E-state index contributed by atoms with van der Waals surface area (Å²) in [7, 11) is 1.61. The molecule has 4 aromatic rings. The summed E-state index contributed by atoms with van der Waals surface area (Å²) in [5.41, 5.74) is 3.38. The Balaban J connectivity index is 1.33. The molecule has 2 amide bonds. The van der Waals surface area contributed by atoms with Crippen LogP contribution < -0.4 is 20.1 Å². The molecule has 32 heavy (non-hydrogen) atoms. The molecule has 0 saturated carbocycles. The Kier molecular flexibility index (Phi) is 6.45. The summed E-state index contributed by atoms with van der Waals surface area (Å²) in [5.74, 6) is 1.70. The average Bonchev–Trinajstić information content (AvgIpc) is 3.26. The van der Waals surface area contributed by atoms with Crippen molar-refractivity contribution >= 4 is 17.4 Å². The van der Waals surface area contributed by atoms with Crippen LogP contribution in [0.4, 0.5) is 10.5 Å². The van der Waals surface area contributed by atoms with Crippen molar-refractivity contribution in [1.29, 1.82) is 0 Å². The highest BCUT2D eigenvalue weighted by atomic mass is 16.5. The zero-order valence-electron chi connectivity index (χ0n) is 17.9. The maximum atomic E-state index is 12.0. The number of aryl methyl sites for hydroxylation is 1. The van der Waals surface area contributed by atoms with Gasteiger partial charge in [0.05, 0.1) is 13.7 Å². The molecule has 2 aromatic heterocycles. The third-order valence-corrected chi connectivity index (χ3v) is 4.82. The Bertz CT molecular complexity index is 1210. The van der Waals surface area contributed by atoms with Crippen LogP contribution in [0.25, 0.3) is 17.0 Å². The first-order chi connectivity index (χ1) is 15.7. The highest BCUT2D eigenvalue weighted by molar-refractivity contribution is 5.89. The predicted octanol–water partition coefficient (Wildman–Crippen LogP) is 3.56. The Morgan fingerprint density at radius 3 is 2.69 bits per heavy atom. The molecule has 0 unspecified atom stereocenters. The number of hydrogen-bond donors (Lipinski definition) is 2. The first kappa shape index (κ1) is 21.1. The van der Waals surface area contributed by atoms with Crippen molar-refractivity contribution in [3.63, 3.8) is 0 Å². The lowest BCUT2D eigenvalue weighted by Gasteiger charge is -2.09. The van der Waals surface area contributed by atoms with Gasteiger partial charge in [0.25, 0.3) is 0 Å². The quantitative estimate of drug-likeness (QED) is 0.413. The van der Waals surface area contributed by atoms with Crippen LogP contribution in [-0.2, 0) is 6.42 Å². The van der Waals surface area contributed by atoms with Crippen molar-refractivity contribution in [1.82, 2.24) is 25.1 Å². The summed E-state index contributed by atoms with van der Waals surface area (Å²) in [6.45, 7) is 2.67. The average molecular weight is 432 g/mol. The second-order valence-corrected chi connectivity index (χ2v) is 6.98. The SMILES string of the molecule is CCc1ccc(NC(=O)NCCOc2ccc3nnc(-c4cccc(OC)c4)n3n2)cc1. The summed E-state index contributed by atoms with van der Waals surface area (Å²) < 4.78 is 12.6. The molecular formula is C23H24N6O3. The molecule has 0 aliphatic carbocycles. The second-order valence-electron chi connectivity index (χ2n) is 6.98. The van der Waals surface area contributed by atoms with Gasteiger partial charge in [0.15, 0.2) is 11.5 Å². The van der Waals surface area contributed by atoms with Gasteiger partial charge < -0.3 is 20.1 Å². The molecule has 0 bridgehead atoms. The van der Waals surface area contributed by atoms with Crippen molar-refractivity contribution < 1.29 is 14.3 Å². The largest absolute Gasteiger partial charge is 0.497 e. The molecule has 2 aromatic carbocycles. The highest BCUT2D eigenvalue weighted by Gasteiger charge is 2.11. The first-order valence-corrected chi connectivity index (χ1v) is 10.3. The van der Waals surface area contributed by atoms with E-state index in [0.717, 1.165) is 23.4 Å². The number of anilines is 1. The summed E-state index contributed by atoms with van der Waals surface area (Å²) in [4.78, 5) is 12.0. The van der Waals surface area contributed by atoms with Gasteiger partial charge in [0.1, 0.15) is 12.4 Å². The lowest BCUT2D eigenvalue weighted by molar-refractivity contribution is 0.246. The van der Waals surface area contributed by atoms with Gasteiger partial charge in [-0.25, -0.2) is 4.79 Å². The number of carbonyl (C=O) groups is 1. The van der Waals surface area contributed by atoms with Crippen LogP contribution in [0.2, 0.25) is 0 Å². The van der Waals surface area contributed by atoms with Crippen molar-refractivity contribution in [3.05, 3.63) is 66.2 Å². The Morgan fingerprint density at radius 1 is 1.06 bits per heavy atom. The topological polar surface area (TPSA) is 103 Å². The maximum Gasteiger partial charge on any atom is 0.319 e. The fourth-order valence-corrected chi connectivity index (χ4v) is 3.11. The number of aromatic nitrogens is 4. The Labute approximate surface area is 185 Å². The van der Waals surface area contributed by atoms with E-state index >= 15 is 0 Å². The minimum atomic E-state index is -0.291. The summed E-state index contributed by atoms with van der Waals surface area (Å²) in [6.07, 6.45) is 0.958. The van der Waals surface area contributed by atoms with Crippen molar-refractivity contribution in [2.24, 2.45) is 0 Å². The molecule has 0 saturated heterocycles. The first-order valence-electron chi connectivity index (χ1n) is 10.3. The number of rotatable bonds is 8. The molecule has 0 aliphatic rings. The van der Waals surface area contributed by atoms with Gasteiger partial charge in [0.2, 0.25) is 5.88 Å². The van der Waals surface area contributed by atoms with Crippen molar-refractivity contribution in [2.75, 3.05) is 25.6 Å². The normalized spacial score (nSPS) is 10.7. The zero-order valence-corrected chi connectivity index (χ0v) is 17.9. The summed E-state index contributed by atoms with van der Waals surface area (Å²) in [5, 5.41) is 18.4. The van der Waals surface area contributed by atoms with Crippen LogP contribution in [-0.4, -0.2) is 46.1 Å². The minimum absolute atomic E-state index is 0.261. The second kappa shape index (κ2) is 9.78. The summed E-state index contributed by atoms with van der Waals surface area (Å²) in [6, 6.07) is 18.5. The van der Waals surface area contributed by atoms with Gasteiger partial charge >= 0.3 is 6.03 Å². The molecule has 0 fully saturated rings. The molecule has 4 rings (SSSR count). The number of nitrogens with zero attached hydrogens (tertiary/aromatic N) is 4. The van der Waals surface area contributed by atoms with Crippen LogP contribution in [0.3, 0.4) is 0 Å². The molecule has 2 N–H and O–H groups in total. The van der Waals surface area contributed by atoms with Crippen LogP contribution >= 0.6 is 0 Å². The molecule has 0 spiro atoms. The van der Waals surface area contributed by atoms with E-state index in [0.29, 0.717) is 23.9 Å². The molecule has 0 radical (unpaired) electrons. The van der Waals surface area contributed by atoms with E-state index in [9.17, 15) is 4.79 Å². The third kappa shape index (κ3) is 4.94. The monoisotopic (exact) mass is 432 g/mol. The molecule has 9 nitrogen and oxygen atoms in total. The smallest absolute Gasteiger partial charge is 0.319 e. The lowest BCUT2D eigenvalue weighted by atomic mass is 10.1. The van der Waals surface area contributed by atoms with Gasteiger partial charge in [-0.15, -0.1) is 15.3 Å². The van der Waals surface area contributed by atoms with E-state index in [2.05, 4.69) is 32.9 Å². The van der Waals surface area contributed by atoms with Crippen LogP contribution in [0, 0.1) is 0 Å². The Hall–Kier alpha value is -4.14. The molecule has 9 heteroatoms. The van der Waals surface area contributed by atoms with Gasteiger partial charge in [-0.1, -0.05) is 31.2 Å².